The van der Waals surface area contributed by atoms with Gasteiger partial charge in [-0.2, -0.15) is 0 Å². The molecule has 230 valence electrons. The van der Waals surface area contributed by atoms with Crippen molar-refractivity contribution in [3.05, 3.63) is 108 Å². The topological polar surface area (TPSA) is 84.7 Å². The number of aromatic nitrogens is 3. The van der Waals surface area contributed by atoms with E-state index < -0.39 is 59.3 Å². The maximum Gasteiger partial charge on any atom is 0.321 e. The van der Waals surface area contributed by atoms with E-state index in [0.717, 1.165) is 23.3 Å². The van der Waals surface area contributed by atoms with Crippen LogP contribution in [0.1, 0.15) is 30.4 Å². The molecule has 6 rings (SSSR count). The van der Waals surface area contributed by atoms with Crippen molar-refractivity contribution < 1.29 is 36.9 Å². The van der Waals surface area contributed by atoms with Crippen LogP contribution in [0.4, 0.5) is 13.2 Å². The van der Waals surface area contributed by atoms with Gasteiger partial charge in [0.05, 0.1) is 32.1 Å². The van der Waals surface area contributed by atoms with E-state index in [1.807, 2.05) is 67.6 Å². The molecule has 2 saturated heterocycles. The molecule has 2 aliphatic heterocycles. The van der Waals surface area contributed by atoms with Crippen molar-refractivity contribution in [1.29, 1.82) is 0 Å². The second kappa shape index (κ2) is 13.1. The second-order valence-electron chi connectivity index (χ2n) is 10.7. The first kappa shape index (κ1) is 30.3. The molecular weight excluding hydrogens is 595 g/mol. The van der Waals surface area contributed by atoms with E-state index in [-0.39, 0.29) is 23.8 Å². The molecule has 44 heavy (non-hydrogen) atoms. The molecule has 0 N–H and O–H groups in total. The normalized spacial score (nSPS) is 25.7. The highest BCUT2D eigenvalue weighted by molar-refractivity contribution is 7.99. The minimum Gasteiger partial charge on any atom is -0.468 e. The number of esters is 1. The third kappa shape index (κ3) is 6.12. The molecule has 0 radical (unpaired) electrons. The summed E-state index contributed by atoms with van der Waals surface area (Å²) in [6.45, 7) is 2.11. The van der Waals surface area contributed by atoms with Crippen LogP contribution < -0.4 is 0 Å². The van der Waals surface area contributed by atoms with Crippen LogP contribution in [0, 0.1) is 23.4 Å². The zero-order valence-electron chi connectivity index (χ0n) is 23.9. The molecule has 3 aromatic carbocycles. The standard InChI is InChI=1S/C32H30F3N3O5S/c1-18-27(38-15-24(36-37-38)21-13-22(33)26(35)23(34)14-21)29-25(16-41-32(43-29)20-11-7-4-8-12-20)42-28(18)30(31(39)40-2)44-17-19-9-5-3-6-10-19/h3-15,18,25,27-30,32H,16-17H2,1-2H3/t18?,25?,27-,28-,29+,30+,32?/m1/s1. The average Bonchev–Trinajstić information content (AvgIpc) is 3.54. The van der Waals surface area contributed by atoms with Gasteiger partial charge >= 0.3 is 5.97 Å². The van der Waals surface area contributed by atoms with Gasteiger partial charge in [-0.05, 0) is 17.7 Å². The molecule has 0 aliphatic carbocycles. The van der Waals surface area contributed by atoms with Crippen LogP contribution in [-0.2, 0) is 29.5 Å². The summed E-state index contributed by atoms with van der Waals surface area (Å²) >= 11 is 1.41. The van der Waals surface area contributed by atoms with Crippen LogP contribution in [0.5, 0.6) is 0 Å². The fraction of sp³-hybridized carbons (Fsp3) is 0.344. The smallest absolute Gasteiger partial charge is 0.321 e. The van der Waals surface area contributed by atoms with Gasteiger partial charge in [-0.25, -0.2) is 17.9 Å². The number of thioether (sulfide) groups is 1. The van der Waals surface area contributed by atoms with Crippen LogP contribution in [0.3, 0.4) is 0 Å². The van der Waals surface area contributed by atoms with Gasteiger partial charge in [-0.15, -0.1) is 16.9 Å². The molecule has 1 aromatic heterocycles. The summed E-state index contributed by atoms with van der Waals surface area (Å²) in [5.74, 6) is -4.49. The summed E-state index contributed by atoms with van der Waals surface area (Å²) < 4.78 is 67.7. The Hall–Kier alpha value is -3.71. The van der Waals surface area contributed by atoms with Crippen LogP contribution in [0.2, 0.25) is 0 Å². The quantitative estimate of drug-likeness (QED) is 0.177. The summed E-state index contributed by atoms with van der Waals surface area (Å²) in [5, 5.41) is 7.77. The third-order valence-corrected chi connectivity index (χ3v) is 9.28. The van der Waals surface area contributed by atoms with Gasteiger partial charge in [-0.3, -0.25) is 4.79 Å². The molecule has 0 bridgehead atoms. The van der Waals surface area contributed by atoms with Crippen molar-refractivity contribution in [2.45, 2.75) is 48.6 Å². The summed E-state index contributed by atoms with van der Waals surface area (Å²) in [6.07, 6.45) is -0.962. The highest BCUT2D eigenvalue weighted by Crippen LogP contribution is 2.45. The predicted octanol–water partition coefficient (Wildman–Crippen LogP) is 5.90. The lowest BCUT2D eigenvalue weighted by Crippen LogP contribution is -2.59. The van der Waals surface area contributed by atoms with E-state index in [4.69, 9.17) is 18.9 Å². The molecule has 0 amide bonds. The predicted molar refractivity (Wildman–Crippen MR) is 156 cm³/mol. The van der Waals surface area contributed by atoms with Crippen LogP contribution in [-0.4, -0.2) is 58.2 Å². The Balaban J connectivity index is 1.35. The number of halogens is 3. The number of methoxy groups -OCH3 is 1. The third-order valence-electron chi connectivity index (χ3n) is 7.96. The maximum absolute atomic E-state index is 14.1. The van der Waals surface area contributed by atoms with E-state index in [2.05, 4.69) is 10.3 Å². The van der Waals surface area contributed by atoms with E-state index in [0.29, 0.717) is 5.75 Å². The number of nitrogens with zero attached hydrogens (tertiary/aromatic N) is 3. The Morgan fingerprint density at radius 2 is 1.73 bits per heavy atom. The zero-order chi connectivity index (χ0) is 30.8. The van der Waals surface area contributed by atoms with Crippen LogP contribution in [0.15, 0.2) is 79.0 Å². The number of fused-ring (bicyclic) bond motifs is 1. The Morgan fingerprint density at radius 3 is 2.41 bits per heavy atom. The largest absolute Gasteiger partial charge is 0.468 e. The first-order chi connectivity index (χ1) is 21.3. The number of rotatable bonds is 8. The summed E-state index contributed by atoms with van der Waals surface area (Å²) in [7, 11) is 1.34. The molecule has 4 aromatic rings. The summed E-state index contributed by atoms with van der Waals surface area (Å²) in [4.78, 5) is 13.2. The molecule has 3 unspecified atom stereocenters. The van der Waals surface area contributed by atoms with Gasteiger partial charge in [0.15, 0.2) is 23.7 Å². The molecule has 12 heteroatoms. The van der Waals surface area contributed by atoms with Gasteiger partial charge in [0.25, 0.3) is 0 Å². The second-order valence-corrected chi connectivity index (χ2v) is 11.9. The molecule has 2 aliphatic rings. The first-order valence-corrected chi connectivity index (χ1v) is 15.2. The molecule has 8 nitrogen and oxygen atoms in total. The van der Waals surface area contributed by atoms with Crippen molar-refractivity contribution in [2.24, 2.45) is 5.92 Å². The summed E-state index contributed by atoms with van der Waals surface area (Å²) in [6, 6.07) is 20.4. The molecule has 3 heterocycles. The van der Waals surface area contributed by atoms with E-state index in [1.54, 1.807) is 4.68 Å². The molecule has 0 spiro atoms. The number of carbonyl (C=O) groups is 1. The Bertz CT molecular complexity index is 1570. The van der Waals surface area contributed by atoms with Crippen molar-refractivity contribution in [3.63, 3.8) is 0 Å². The highest BCUT2D eigenvalue weighted by Gasteiger charge is 2.53. The van der Waals surface area contributed by atoms with E-state index in [9.17, 15) is 18.0 Å². The van der Waals surface area contributed by atoms with Gasteiger partial charge in [0.2, 0.25) is 0 Å². The van der Waals surface area contributed by atoms with Gasteiger partial charge in [0.1, 0.15) is 23.2 Å². The number of carbonyl (C=O) groups excluding carboxylic acids is 1. The van der Waals surface area contributed by atoms with Crippen molar-refractivity contribution in [1.82, 2.24) is 15.0 Å². The van der Waals surface area contributed by atoms with E-state index >= 15 is 0 Å². The lowest BCUT2D eigenvalue weighted by molar-refractivity contribution is -0.309. The lowest BCUT2D eigenvalue weighted by atomic mass is 9.83. The summed E-state index contributed by atoms with van der Waals surface area (Å²) in [5.41, 5.74) is 2.03. The Kier molecular flexibility index (Phi) is 9.03. The minimum absolute atomic E-state index is 0.0291. The maximum atomic E-state index is 14.1. The fourth-order valence-electron chi connectivity index (χ4n) is 5.74. The van der Waals surface area contributed by atoms with Crippen molar-refractivity contribution in [3.8, 4) is 11.3 Å². The highest BCUT2D eigenvalue weighted by atomic mass is 32.2. The molecular formula is C32H30F3N3O5S. The minimum atomic E-state index is -1.56. The molecule has 2 fully saturated rings. The number of ether oxygens (including phenoxy) is 4. The lowest BCUT2D eigenvalue weighted by Gasteiger charge is -2.50. The van der Waals surface area contributed by atoms with Crippen molar-refractivity contribution in [2.75, 3.05) is 13.7 Å². The first-order valence-electron chi connectivity index (χ1n) is 14.1. The van der Waals surface area contributed by atoms with Gasteiger partial charge in [-0.1, -0.05) is 72.8 Å². The molecule has 0 saturated carbocycles. The van der Waals surface area contributed by atoms with Crippen molar-refractivity contribution >= 4 is 17.7 Å². The molecule has 7 atom stereocenters. The SMILES string of the molecule is COC(=O)[C@@H](SCc1ccccc1)[C@@H]1OC2COC(c3ccccc3)O[C@@H]2[C@H](n2cc(-c3cc(F)c(F)c(F)c3)nn2)C1C. The average molecular weight is 626 g/mol. The Labute approximate surface area is 256 Å². The monoisotopic (exact) mass is 625 g/mol. The van der Waals surface area contributed by atoms with Gasteiger partial charge in [0, 0.05) is 22.8 Å². The van der Waals surface area contributed by atoms with E-state index in [1.165, 1.54) is 25.1 Å². The number of benzene rings is 3. The Morgan fingerprint density at radius 1 is 1.05 bits per heavy atom. The number of hydrogen-bond donors (Lipinski definition) is 0. The zero-order valence-corrected chi connectivity index (χ0v) is 24.7. The van der Waals surface area contributed by atoms with Crippen LogP contribution in [0.25, 0.3) is 11.3 Å². The fourth-order valence-corrected chi connectivity index (χ4v) is 7.04. The van der Waals surface area contributed by atoms with Gasteiger partial charge < -0.3 is 18.9 Å². The van der Waals surface area contributed by atoms with Crippen LogP contribution >= 0.6 is 11.8 Å². The number of hydrogen-bond acceptors (Lipinski definition) is 8.